The number of hydrogen-bond donors (Lipinski definition) is 2. The number of nitrogen functional groups attached to an aromatic ring is 1. The lowest BCUT2D eigenvalue weighted by molar-refractivity contribution is 0.0989. The summed E-state index contributed by atoms with van der Waals surface area (Å²) in [6.07, 6.45) is 1.87. The predicted molar refractivity (Wildman–Crippen MR) is 103 cm³/mol. The fraction of sp³-hybridized carbons (Fsp3) is 0.368. The van der Waals surface area contributed by atoms with Crippen LogP contribution in [0.3, 0.4) is 0 Å². The average Bonchev–Trinajstić information content (AvgIpc) is 3.09. The minimum atomic E-state index is 0.294. The van der Waals surface area contributed by atoms with Crippen molar-refractivity contribution in [3.05, 3.63) is 30.5 Å². The Kier molecular flexibility index (Phi) is 4.38. The Hall–Kier alpha value is -2.80. The normalized spacial score (nSPS) is 17.6. The first-order chi connectivity index (χ1) is 12.7. The average molecular weight is 353 g/mol. The molecule has 1 fully saturated rings. The van der Waals surface area contributed by atoms with Crippen molar-refractivity contribution in [3.63, 3.8) is 0 Å². The molecule has 0 amide bonds. The molecule has 3 aromatic heterocycles. The maximum Gasteiger partial charge on any atom is 0.215 e. The molecule has 0 radical (unpaired) electrons. The van der Waals surface area contributed by atoms with Crippen LogP contribution in [-0.2, 0) is 4.74 Å². The van der Waals surface area contributed by atoms with Gasteiger partial charge in [0.1, 0.15) is 11.5 Å². The molecule has 1 saturated heterocycles. The molecule has 136 valence electrons. The lowest BCUT2D eigenvalue weighted by Gasteiger charge is -2.35. The highest BCUT2D eigenvalue weighted by Crippen LogP contribution is 2.33. The molecule has 7 heteroatoms. The number of ether oxygens (including phenoxy) is 2. The minimum Gasteiger partial charge on any atom is -0.478 e. The van der Waals surface area contributed by atoms with Gasteiger partial charge in [0, 0.05) is 47.6 Å². The molecule has 0 spiro atoms. The van der Waals surface area contributed by atoms with Crippen molar-refractivity contribution in [2.24, 2.45) is 0 Å². The van der Waals surface area contributed by atoms with E-state index in [1.165, 1.54) is 0 Å². The summed E-state index contributed by atoms with van der Waals surface area (Å²) in [6, 6.07) is 8.21. The topological polar surface area (TPSA) is 89.3 Å². The third kappa shape index (κ3) is 3.06. The van der Waals surface area contributed by atoms with Crippen molar-refractivity contribution in [3.8, 4) is 17.1 Å². The molecule has 1 aliphatic rings. The van der Waals surface area contributed by atoms with Gasteiger partial charge in [0.25, 0.3) is 0 Å². The highest BCUT2D eigenvalue weighted by Gasteiger charge is 2.21. The number of pyridine rings is 2. The maximum atomic E-state index is 6.14. The summed E-state index contributed by atoms with van der Waals surface area (Å²) >= 11 is 0. The van der Waals surface area contributed by atoms with Gasteiger partial charge in [0.05, 0.1) is 25.5 Å². The largest absolute Gasteiger partial charge is 0.478 e. The molecule has 4 rings (SSSR count). The van der Waals surface area contributed by atoms with Crippen LogP contribution < -0.4 is 15.4 Å². The van der Waals surface area contributed by atoms with Crippen LogP contribution in [0, 0.1) is 0 Å². The highest BCUT2D eigenvalue weighted by molar-refractivity contribution is 5.93. The Morgan fingerprint density at radius 3 is 3.04 bits per heavy atom. The van der Waals surface area contributed by atoms with Crippen LogP contribution in [0.15, 0.2) is 30.5 Å². The van der Waals surface area contributed by atoms with Crippen LogP contribution in [0.4, 0.5) is 11.5 Å². The van der Waals surface area contributed by atoms with E-state index in [1.54, 1.807) is 0 Å². The number of fused-ring (bicyclic) bond motifs is 1. The van der Waals surface area contributed by atoms with Gasteiger partial charge in [0.15, 0.2) is 0 Å². The molecule has 3 N–H and O–H groups in total. The molecular formula is C19H23N5O2. The molecule has 1 aliphatic heterocycles. The van der Waals surface area contributed by atoms with Gasteiger partial charge in [-0.15, -0.1) is 0 Å². The van der Waals surface area contributed by atoms with E-state index in [1.807, 2.05) is 31.3 Å². The summed E-state index contributed by atoms with van der Waals surface area (Å²) < 4.78 is 11.2. The highest BCUT2D eigenvalue weighted by atomic mass is 16.5. The summed E-state index contributed by atoms with van der Waals surface area (Å²) in [6.45, 7) is 6.91. The second-order valence-corrected chi connectivity index (χ2v) is 6.43. The summed E-state index contributed by atoms with van der Waals surface area (Å²) in [7, 11) is 0. The van der Waals surface area contributed by atoms with E-state index in [-0.39, 0.29) is 0 Å². The van der Waals surface area contributed by atoms with Gasteiger partial charge in [-0.25, -0.2) is 4.98 Å². The number of H-pyrrole nitrogens is 1. The number of morpholine rings is 1. The van der Waals surface area contributed by atoms with Gasteiger partial charge in [-0.05, 0) is 26.0 Å². The van der Waals surface area contributed by atoms with Crippen LogP contribution in [0.5, 0.6) is 5.88 Å². The molecule has 0 aromatic carbocycles. The third-order valence-electron chi connectivity index (χ3n) is 4.60. The van der Waals surface area contributed by atoms with Crippen LogP contribution >= 0.6 is 0 Å². The zero-order valence-corrected chi connectivity index (χ0v) is 15.0. The number of aromatic amines is 1. The molecule has 3 aromatic rings. The Labute approximate surface area is 152 Å². The zero-order valence-electron chi connectivity index (χ0n) is 15.0. The monoisotopic (exact) mass is 353 g/mol. The molecule has 1 unspecified atom stereocenters. The van der Waals surface area contributed by atoms with Crippen LogP contribution in [0.1, 0.15) is 13.8 Å². The lowest BCUT2D eigenvalue weighted by Crippen LogP contribution is -2.43. The molecule has 26 heavy (non-hydrogen) atoms. The Balaban J connectivity index is 1.83. The molecule has 1 atom stereocenters. The van der Waals surface area contributed by atoms with Crippen molar-refractivity contribution in [1.29, 1.82) is 0 Å². The Morgan fingerprint density at radius 1 is 1.35 bits per heavy atom. The standard InChI is InChI=1S/C19H23N5O2/c1-3-26-18-10-15(14-4-5-21-19(14)23-18)16-8-13(9-17(20)22-16)24-6-7-25-11-12(24)2/h4-5,8-10,12H,3,6-7,11H2,1-2H3,(H2,20,22)(H,21,23). The number of nitrogens with zero attached hydrogens (tertiary/aromatic N) is 3. The van der Waals surface area contributed by atoms with E-state index in [4.69, 9.17) is 15.2 Å². The van der Waals surface area contributed by atoms with Crippen molar-refractivity contribution >= 4 is 22.5 Å². The SMILES string of the molecule is CCOc1cc(-c2cc(N3CCOCC3C)cc(N)n2)c2cc[nH]c2n1. The molecule has 0 aliphatic carbocycles. The van der Waals surface area contributed by atoms with Gasteiger partial charge in [-0.1, -0.05) is 0 Å². The van der Waals surface area contributed by atoms with Gasteiger partial charge in [-0.2, -0.15) is 4.98 Å². The molecule has 0 bridgehead atoms. The number of aromatic nitrogens is 3. The van der Waals surface area contributed by atoms with E-state index < -0.39 is 0 Å². The molecule has 4 heterocycles. The van der Waals surface area contributed by atoms with Crippen molar-refractivity contribution < 1.29 is 9.47 Å². The molecule has 0 saturated carbocycles. The quantitative estimate of drug-likeness (QED) is 0.750. The van der Waals surface area contributed by atoms with Crippen molar-refractivity contribution in [1.82, 2.24) is 15.0 Å². The van der Waals surface area contributed by atoms with Crippen molar-refractivity contribution in [2.45, 2.75) is 19.9 Å². The summed E-state index contributed by atoms with van der Waals surface area (Å²) in [5.41, 5.74) is 9.74. The van der Waals surface area contributed by atoms with Gasteiger partial charge in [-0.3, -0.25) is 0 Å². The van der Waals surface area contributed by atoms with Crippen LogP contribution in [0.25, 0.3) is 22.3 Å². The van der Waals surface area contributed by atoms with Crippen LogP contribution in [-0.4, -0.2) is 47.4 Å². The lowest BCUT2D eigenvalue weighted by atomic mass is 10.1. The fourth-order valence-corrected chi connectivity index (χ4v) is 3.40. The number of nitrogens with two attached hydrogens (primary N) is 1. The van der Waals surface area contributed by atoms with E-state index in [0.29, 0.717) is 37.6 Å². The molecule has 7 nitrogen and oxygen atoms in total. The summed E-state index contributed by atoms with van der Waals surface area (Å²) in [4.78, 5) is 14.5. The van der Waals surface area contributed by atoms with Gasteiger partial charge >= 0.3 is 0 Å². The second kappa shape index (κ2) is 6.84. The second-order valence-electron chi connectivity index (χ2n) is 6.43. The van der Waals surface area contributed by atoms with Gasteiger partial charge < -0.3 is 25.1 Å². The predicted octanol–water partition coefficient (Wildman–Crippen LogP) is 2.83. The van der Waals surface area contributed by atoms with E-state index >= 15 is 0 Å². The maximum absolute atomic E-state index is 6.14. The van der Waals surface area contributed by atoms with Crippen LogP contribution in [0.2, 0.25) is 0 Å². The first-order valence-corrected chi connectivity index (χ1v) is 8.89. The zero-order chi connectivity index (χ0) is 18.1. The van der Waals surface area contributed by atoms with Gasteiger partial charge in [0.2, 0.25) is 5.88 Å². The first kappa shape index (κ1) is 16.7. The summed E-state index contributed by atoms with van der Waals surface area (Å²) in [5.74, 6) is 1.07. The fourth-order valence-electron chi connectivity index (χ4n) is 3.40. The number of nitrogens with one attached hydrogen (secondary N) is 1. The Bertz CT molecular complexity index is 923. The Morgan fingerprint density at radius 2 is 2.23 bits per heavy atom. The number of anilines is 2. The van der Waals surface area contributed by atoms with Crippen molar-refractivity contribution in [2.75, 3.05) is 37.0 Å². The van der Waals surface area contributed by atoms with E-state index in [0.717, 1.165) is 34.5 Å². The van der Waals surface area contributed by atoms with E-state index in [9.17, 15) is 0 Å². The smallest absolute Gasteiger partial charge is 0.215 e. The number of hydrogen-bond acceptors (Lipinski definition) is 6. The first-order valence-electron chi connectivity index (χ1n) is 8.89. The third-order valence-corrected chi connectivity index (χ3v) is 4.60. The van der Waals surface area contributed by atoms with E-state index in [2.05, 4.69) is 32.8 Å². The molecular weight excluding hydrogens is 330 g/mol. The number of rotatable bonds is 4. The minimum absolute atomic E-state index is 0.294. The summed E-state index contributed by atoms with van der Waals surface area (Å²) in [5, 5.41) is 0.993.